The van der Waals surface area contributed by atoms with Crippen LogP contribution in [0.15, 0.2) is 24.3 Å². The van der Waals surface area contributed by atoms with Gasteiger partial charge in [0.1, 0.15) is 0 Å². The third-order valence-corrected chi connectivity index (χ3v) is 4.51. The van der Waals surface area contributed by atoms with Gasteiger partial charge in [-0.25, -0.2) is 4.79 Å². The lowest BCUT2D eigenvalue weighted by atomic mass is 9.90. The van der Waals surface area contributed by atoms with Gasteiger partial charge in [-0.2, -0.15) is 0 Å². The van der Waals surface area contributed by atoms with E-state index in [0.717, 1.165) is 24.9 Å². The van der Waals surface area contributed by atoms with Gasteiger partial charge in [0.2, 0.25) is 0 Å². The zero-order valence-electron chi connectivity index (χ0n) is 13.9. The van der Waals surface area contributed by atoms with Gasteiger partial charge in [-0.15, -0.1) is 0 Å². The molecule has 2 amide bonds. The van der Waals surface area contributed by atoms with Crippen LogP contribution in [0.3, 0.4) is 0 Å². The molecule has 0 aromatic heterocycles. The van der Waals surface area contributed by atoms with E-state index in [-0.39, 0.29) is 11.6 Å². The van der Waals surface area contributed by atoms with E-state index in [1.54, 1.807) is 0 Å². The van der Waals surface area contributed by atoms with Crippen molar-refractivity contribution in [1.29, 1.82) is 0 Å². The van der Waals surface area contributed by atoms with Gasteiger partial charge in [0.25, 0.3) is 0 Å². The Hall–Kier alpha value is -1.55. The molecule has 0 aliphatic heterocycles. The predicted molar refractivity (Wildman–Crippen MR) is 89.7 cm³/mol. The molecular weight excluding hydrogens is 262 g/mol. The van der Waals surface area contributed by atoms with E-state index in [4.69, 9.17) is 0 Å². The first kappa shape index (κ1) is 17.5. The standard InChI is InChI=1S/C17H29N3O/c1-6-17(7-2,8-3)20-16(21)19-15-11-9-14(10-12-15)13(4)18-5/h9-13,18H,6-8H2,1-5H3,(H2,19,20,21). The van der Waals surface area contributed by atoms with E-state index in [1.165, 1.54) is 5.56 Å². The maximum absolute atomic E-state index is 12.1. The average molecular weight is 291 g/mol. The molecule has 0 heterocycles. The Balaban J connectivity index is 2.66. The second-order valence-electron chi connectivity index (χ2n) is 5.55. The number of urea groups is 1. The number of amides is 2. The maximum Gasteiger partial charge on any atom is 0.319 e. The highest BCUT2D eigenvalue weighted by Gasteiger charge is 2.25. The molecule has 4 nitrogen and oxygen atoms in total. The van der Waals surface area contributed by atoms with Crippen LogP contribution in [0.2, 0.25) is 0 Å². The lowest BCUT2D eigenvalue weighted by Gasteiger charge is -2.31. The van der Waals surface area contributed by atoms with Crippen molar-refractivity contribution >= 4 is 11.7 Å². The van der Waals surface area contributed by atoms with E-state index < -0.39 is 0 Å². The Bertz CT molecular complexity index is 430. The predicted octanol–water partition coefficient (Wildman–Crippen LogP) is 4.06. The van der Waals surface area contributed by atoms with Gasteiger partial charge in [-0.3, -0.25) is 0 Å². The van der Waals surface area contributed by atoms with Crippen molar-refractivity contribution in [3.63, 3.8) is 0 Å². The number of anilines is 1. The molecule has 1 unspecified atom stereocenters. The van der Waals surface area contributed by atoms with E-state index in [0.29, 0.717) is 6.04 Å². The largest absolute Gasteiger partial charge is 0.332 e. The number of nitrogens with one attached hydrogen (secondary N) is 3. The summed E-state index contributed by atoms with van der Waals surface area (Å²) in [5, 5.41) is 9.22. The summed E-state index contributed by atoms with van der Waals surface area (Å²) in [5.41, 5.74) is 1.91. The molecule has 1 atom stereocenters. The fourth-order valence-corrected chi connectivity index (χ4v) is 2.44. The normalized spacial score (nSPS) is 12.8. The van der Waals surface area contributed by atoms with Gasteiger partial charge < -0.3 is 16.0 Å². The summed E-state index contributed by atoms with van der Waals surface area (Å²) >= 11 is 0. The van der Waals surface area contributed by atoms with E-state index >= 15 is 0 Å². The maximum atomic E-state index is 12.1. The molecule has 1 aromatic rings. The molecule has 0 spiro atoms. The van der Waals surface area contributed by atoms with Crippen LogP contribution >= 0.6 is 0 Å². The van der Waals surface area contributed by atoms with Crippen LogP contribution in [0.5, 0.6) is 0 Å². The minimum atomic E-state index is -0.130. The SMILES string of the molecule is CCC(CC)(CC)NC(=O)Nc1ccc(C(C)NC)cc1. The van der Waals surface area contributed by atoms with Crippen LogP contribution in [0.4, 0.5) is 10.5 Å². The van der Waals surface area contributed by atoms with Crippen molar-refractivity contribution in [2.45, 2.75) is 58.5 Å². The average Bonchev–Trinajstić information content (AvgIpc) is 2.52. The van der Waals surface area contributed by atoms with Crippen molar-refractivity contribution in [3.8, 4) is 0 Å². The summed E-state index contributed by atoms with van der Waals surface area (Å²) < 4.78 is 0. The second-order valence-corrected chi connectivity index (χ2v) is 5.55. The molecular formula is C17H29N3O. The Kier molecular flexibility index (Phi) is 6.69. The van der Waals surface area contributed by atoms with Crippen LogP contribution < -0.4 is 16.0 Å². The Morgan fingerprint density at radius 2 is 1.62 bits per heavy atom. The molecule has 0 aliphatic rings. The lowest BCUT2D eigenvalue weighted by molar-refractivity contribution is 0.229. The van der Waals surface area contributed by atoms with Crippen molar-refractivity contribution < 1.29 is 4.79 Å². The zero-order chi connectivity index (χ0) is 15.9. The van der Waals surface area contributed by atoms with Crippen LogP contribution in [-0.2, 0) is 0 Å². The van der Waals surface area contributed by atoms with Gasteiger partial charge in [-0.1, -0.05) is 32.9 Å². The van der Waals surface area contributed by atoms with Gasteiger partial charge >= 0.3 is 6.03 Å². The zero-order valence-corrected chi connectivity index (χ0v) is 13.9. The van der Waals surface area contributed by atoms with Crippen LogP contribution in [0, 0.1) is 0 Å². The molecule has 0 radical (unpaired) electrons. The second kappa shape index (κ2) is 8.03. The van der Waals surface area contributed by atoms with Gasteiger partial charge in [0.05, 0.1) is 0 Å². The lowest BCUT2D eigenvalue weighted by Crippen LogP contribution is -2.48. The molecule has 4 heteroatoms. The Morgan fingerprint density at radius 3 is 2.05 bits per heavy atom. The summed E-state index contributed by atoms with van der Waals surface area (Å²) in [6, 6.07) is 8.12. The smallest absolute Gasteiger partial charge is 0.319 e. The summed E-state index contributed by atoms with van der Waals surface area (Å²) in [6.07, 6.45) is 2.81. The summed E-state index contributed by atoms with van der Waals surface area (Å²) in [5.74, 6) is 0. The Labute approximate surface area is 128 Å². The topological polar surface area (TPSA) is 53.2 Å². The third-order valence-electron chi connectivity index (χ3n) is 4.51. The molecule has 0 aliphatic carbocycles. The monoisotopic (exact) mass is 291 g/mol. The third kappa shape index (κ3) is 4.74. The molecule has 1 rings (SSSR count). The fraction of sp³-hybridized carbons (Fsp3) is 0.588. The highest BCUT2D eigenvalue weighted by molar-refractivity contribution is 5.89. The molecule has 3 N–H and O–H groups in total. The molecule has 0 saturated heterocycles. The first-order chi connectivity index (χ1) is 10.00. The molecule has 1 aromatic carbocycles. The number of benzene rings is 1. The van der Waals surface area contributed by atoms with Gasteiger partial charge in [0.15, 0.2) is 0 Å². The number of carbonyl (C=O) groups is 1. The number of rotatable bonds is 7. The Morgan fingerprint density at radius 1 is 1.10 bits per heavy atom. The number of hydrogen-bond acceptors (Lipinski definition) is 2. The van der Waals surface area contributed by atoms with E-state index in [2.05, 4.69) is 43.6 Å². The van der Waals surface area contributed by atoms with Crippen LogP contribution in [0.1, 0.15) is 58.6 Å². The molecule has 0 saturated carbocycles. The van der Waals surface area contributed by atoms with Crippen LogP contribution in [0.25, 0.3) is 0 Å². The molecule has 0 fully saturated rings. The van der Waals surface area contributed by atoms with Crippen molar-refractivity contribution in [2.24, 2.45) is 0 Å². The van der Waals surface area contributed by atoms with Gasteiger partial charge in [0, 0.05) is 17.3 Å². The molecule has 21 heavy (non-hydrogen) atoms. The number of hydrogen-bond donors (Lipinski definition) is 3. The minimum absolute atomic E-state index is 0.106. The highest BCUT2D eigenvalue weighted by Crippen LogP contribution is 2.20. The van der Waals surface area contributed by atoms with Gasteiger partial charge in [-0.05, 0) is 50.9 Å². The van der Waals surface area contributed by atoms with Crippen LogP contribution in [-0.4, -0.2) is 18.6 Å². The van der Waals surface area contributed by atoms with Crippen molar-refractivity contribution in [3.05, 3.63) is 29.8 Å². The first-order valence-corrected chi connectivity index (χ1v) is 7.86. The van der Waals surface area contributed by atoms with Crippen molar-refractivity contribution in [1.82, 2.24) is 10.6 Å². The first-order valence-electron chi connectivity index (χ1n) is 7.86. The minimum Gasteiger partial charge on any atom is -0.332 e. The number of carbonyl (C=O) groups excluding carboxylic acids is 1. The highest BCUT2D eigenvalue weighted by atomic mass is 16.2. The summed E-state index contributed by atoms with van der Waals surface area (Å²) in [7, 11) is 1.93. The van der Waals surface area contributed by atoms with E-state index in [9.17, 15) is 4.79 Å². The van der Waals surface area contributed by atoms with Crippen molar-refractivity contribution in [2.75, 3.05) is 12.4 Å². The molecule has 118 valence electrons. The quantitative estimate of drug-likeness (QED) is 0.709. The molecule has 0 bridgehead atoms. The van der Waals surface area contributed by atoms with E-state index in [1.807, 2.05) is 31.3 Å². The summed E-state index contributed by atoms with van der Waals surface area (Å²) in [6.45, 7) is 8.44. The fourth-order valence-electron chi connectivity index (χ4n) is 2.44. The summed E-state index contributed by atoms with van der Waals surface area (Å²) in [4.78, 5) is 12.1.